The first-order valence-corrected chi connectivity index (χ1v) is 7.30. The zero-order valence-corrected chi connectivity index (χ0v) is 12.6. The Kier molecular flexibility index (Phi) is 5.17. The van der Waals surface area contributed by atoms with Crippen LogP contribution >= 0.6 is 0 Å². The van der Waals surface area contributed by atoms with Gasteiger partial charge in [0, 0.05) is 25.3 Å². The third-order valence-corrected chi connectivity index (χ3v) is 3.61. The van der Waals surface area contributed by atoms with Gasteiger partial charge in [-0.1, -0.05) is 44.2 Å². The number of nitrogens with zero attached hydrogens (tertiary/aromatic N) is 1. The second kappa shape index (κ2) is 7.09. The summed E-state index contributed by atoms with van der Waals surface area (Å²) in [5, 5.41) is 2.91. The van der Waals surface area contributed by atoms with Crippen LogP contribution in [0, 0.1) is 5.92 Å². The van der Waals surface area contributed by atoms with E-state index in [0.29, 0.717) is 24.7 Å². The van der Waals surface area contributed by atoms with Gasteiger partial charge in [-0.15, -0.1) is 0 Å². The Balaban J connectivity index is 2.01. The minimum Gasteiger partial charge on any atom is -0.349 e. The normalized spacial score (nSPS) is 12.4. The Morgan fingerprint density at radius 2 is 1.90 bits per heavy atom. The Hall–Kier alpha value is -2.07. The van der Waals surface area contributed by atoms with Crippen LogP contribution in [0.4, 0.5) is 0 Å². The van der Waals surface area contributed by atoms with E-state index < -0.39 is 0 Å². The minimum absolute atomic E-state index is 0.0218. The maximum Gasteiger partial charge on any atom is 0.267 e. The van der Waals surface area contributed by atoms with Crippen molar-refractivity contribution in [2.75, 3.05) is 6.54 Å². The first kappa shape index (κ1) is 15.3. The number of benzene rings is 1. The number of rotatable bonds is 6. The van der Waals surface area contributed by atoms with Gasteiger partial charge in [-0.2, -0.15) is 0 Å². The lowest BCUT2D eigenvalue weighted by Gasteiger charge is -2.16. The molecule has 0 spiro atoms. The van der Waals surface area contributed by atoms with Gasteiger partial charge in [0.25, 0.3) is 5.91 Å². The number of carbonyl (C=O) groups excluding carboxylic acids is 1. The number of aromatic nitrogens is 1. The standard InChI is InChI=1S/C17H23N3O/c1-13(2)15(18)11-19-17(21)16-9-6-10-20(16)12-14-7-4-3-5-8-14/h3-10,13,15H,11-12,18H2,1-2H3,(H,19,21). The molecule has 0 saturated heterocycles. The highest BCUT2D eigenvalue weighted by Crippen LogP contribution is 2.08. The van der Waals surface area contributed by atoms with Gasteiger partial charge in [-0.3, -0.25) is 4.79 Å². The summed E-state index contributed by atoms with van der Waals surface area (Å²) in [5.41, 5.74) is 7.79. The SMILES string of the molecule is CC(C)C(N)CNC(=O)c1cccn1Cc1ccccc1. The van der Waals surface area contributed by atoms with Crippen LogP contribution in [-0.2, 0) is 6.54 Å². The predicted octanol–water partition coefficient (Wildman–Crippen LogP) is 2.25. The number of nitrogens with one attached hydrogen (secondary N) is 1. The van der Waals surface area contributed by atoms with Crippen LogP contribution in [0.25, 0.3) is 0 Å². The van der Waals surface area contributed by atoms with Gasteiger partial charge in [-0.05, 0) is 23.6 Å². The molecule has 0 fully saturated rings. The molecule has 1 atom stereocenters. The van der Waals surface area contributed by atoms with Gasteiger partial charge in [0.1, 0.15) is 5.69 Å². The van der Waals surface area contributed by atoms with E-state index in [0.717, 1.165) is 0 Å². The second-order valence-corrected chi connectivity index (χ2v) is 5.62. The van der Waals surface area contributed by atoms with Crippen LogP contribution in [0.3, 0.4) is 0 Å². The Labute approximate surface area is 126 Å². The summed E-state index contributed by atoms with van der Waals surface area (Å²) in [7, 11) is 0. The fourth-order valence-corrected chi connectivity index (χ4v) is 2.08. The van der Waals surface area contributed by atoms with E-state index in [1.807, 2.05) is 41.1 Å². The van der Waals surface area contributed by atoms with Crippen molar-refractivity contribution in [2.45, 2.75) is 26.4 Å². The van der Waals surface area contributed by atoms with Crippen LogP contribution in [0.1, 0.15) is 29.9 Å². The molecule has 1 unspecified atom stereocenters. The average molecular weight is 285 g/mol. The van der Waals surface area contributed by atoms with Crippen molar-refractivity contribution in [2.24, 2.45) is 11.7 Å². The van der Waals surface area contributed by atoms with Crippen LogP contribution in [0.2, 0.25) is 0 Å². The molecule has 2 rings (SSSR count). The predicted molar refractivity (Wildman–Crippen MR) is 85.1 cm³/mol. The van der Waals surface area contributed by atoms with E-state index in [4.69, 9.17) is 5.73 Å². The smallest absolute Gasteiger partial charge is 0.267 e. The number of carbonyl (C=O) groups is 1. The highest BCUT2D eigenvalue weighted by atomic mass is 16.1. The molecule has 3 N–H and O–H groups in total. The molecule has 1 amide bonds. The largest absolute Gasteiger partial charge is 0.349 e. The molecule has 1 heterocycles. The number of nitrogens with two attached hydrogens (primary N) is 1. The van der Waals surface area contributed by atoms with Crippen molar-refractivity contribution >= 4 is 5.91 Å². The van der Waals surface area contributed by atoms with E-state index in [9.17, 15) is 4.79 Å². The van der Waals surface area contributed by atoms with Crippen LogP contribution in [0.5, 0.6) is 0 Å². The molecule has 21 heavy (non-hydrogen) atoms. The first-order chi connectivity index (χ1) is 10.1. The lowest BCUT2D eigenvalue weighted by atomic mass is 10.1. The fourth-order valence-electron chi connectivity index (χ4n) is 2.08. The Morgan fingerprint density at radius 1 is 1.19 bits per heavy atom. The van der Waals surface area contributed by atoms with E-state index >= 15 is 0 Å². The summed E-state index contributed by atoms with van der Waals surface area (Å²) in [5.74, 6) is 0.272. The summed E-state index contributed by atoms with van der Waals surface area (Å²) in [6.45, 7) is 5.28. The van der Waals surface area contributed by atoms with E-state index in [1.165, 1.54) is 5.56 Å². The molecule has 4 heteroatoms. The van der Waals surface area contributed by atoms with Crippen molar-refractivity contribution in [1.29, 1.82) is 0 Å². The summed E-state index contributed by atoms with van der Waals surface area (Å²) in [4.78, 5) is 12.3. The molecule has 1 aromatic carbocycles. The number of amides is 1. The summed E-state index contributed by atoms with van der Waals surface area (Å²) >= 11 is 0. The van der Waals surface area contributed by atoms with Crippen molar-refractivity contribution in [3.8, 4) is 0 Å². The molecular formula is C17H23N3O. The van der Waals surface area contributed by atoms with Crippen molar-refractivity contribution in [3.05, 3.63) is 59.9 Å². The monoisotopic (exact) mass is 285 g/mol. The maximum absolute atomic E-state index is 12.3. The summed E-state index contributed by atoms with van der Waals surface area (Å²) < 4.78 is 1.95. The molecule has 4 nitrogen and oxygen atoms in total. The van der Waals surface area contributed by atoms with Gasteiger partial charge in [0.2, 0.25) is 0 Å². The third kappa shape index (κ3) is 4.20. The maximum atomic E-state index is 12.3. The molecule has 0 aliphatic rings. The highest BCUT2D eigenvalue weighted by Gasteiger charge is 2.13. The van der Waals surface area contributed by atoms with Gasteiger partial charge in [-0.25, -0.2) is 0 Å². The van der Waals surface area contributed by atoms with Gasteiger partial charge >= 0.3 is 0 Å². The highest BCUT2D eigenvalue weighted by molar-refractivity contribution is 5.92. The van der Waals surface area contributed by atoms with E-state index in [1.54, 1.807) is 0 Å². The Bertz CT molecular complexity index is 575. The topological polar surface area (TPSA) is 60.0 Å². The van der Waals surface area contributed by atoms with Crippen LogP contribution in [-0.4, -0.2) is 23.1 Å². The van der Waals surface area contributed by atoms with Crippen molar-refractivity contribution in [3.63, 3.8) is 0 Å². The molecule has 2 aromatic rings. The number of hydrogen-bond donors (Lipinski definition) is 2. The fraction of sp³-hybridized carbons (Fsp3) is 0.353. The Morgan fingerprint density at radius 3 is 2.57 bits per heavy atom. The summed E-state index contributed by atoms with van der Waals surface area (Å²) in [6.07, 6.45) is 1.92. The first-order valence-electron chi connectivity index (χ1n) is 7.30. The number of hydrogen-bond acceptors (Lipinski definition) is 2. The minimum atomic E-state index is -0.0768. The molecule has 1 aromatic heterocycles. The molecule has 0 radical (unpaired) electrons. The van der Waals surface area contributed by atoms with E-state index in [2.05, 4.69) is 31.3 Å². The molecular weight excluding hydrogens is 262 g/mol. The lowest BCUT2D eigenvalue weighted by molar-refractivity contribution is 0.0940. The van der Waals surface area contributed by atoms with Gasteiger partial charge < -0.3 is 15.6 Å². The van der Waals surface area contributed by atoms with Gasteiger partial charge in [0.05, 0.1) is 0 Å². The average Bonchev–Trinajstić information content (AvgIpc) is 2.93. The zero-order chi connectivity index (χ0) is 15.2. The van der Waals surface area contributed by atoms with Crippen molar-refractivity contribution in [1.82, 2.24) is 9.88 Å². The van der Waals surface area contributed by atoms with Gasteiger partial charge in [0.15, 0.2) is 0 Å². The van der Waals surface area contributed by atoms with Crippen molar-refractivity contribution < 1.29 is 4.79 Å². The molecule has 0 aliphatic carbocycles. The second-order valence-electron chi connectivity index (χ2n) is 5.62. The molecule has 112 valence electrons. The molecule has 0 bridgehead atoms. The third-order valence-electron chi connectivity index (χ3n) is 3.61. The van der Waals surface area contributed by atoms with E-state index in [-0.39, 0.29) is 11.9 Å². The summed E-state index contributed by atoms with van der Waals surface area (Å²) in [6, 6.07) is 13.8. The molecule has 0 saturated carbocycles. The van der Waals surface area contributed by atoms with Crippen LogP contribution in [0.15, 0.2) is 48.7 Å². The molecule has 0 aliphatic heterocycles. The quantitative estimate of drug-likeness (QED) is 0.855. The zero-order valence-electron chi connectivity index (χ0n) is 12.6. The lowest BCUT2D eigenvalue weighted by Crippen LogP contribution is -2.40. The van der Waals surface area contributed by atoms with Crippen LogP contribution < -0.4 is 11.1 Å².